The van der Waals surface area contributed by atoms with Gasteiger partial charge in [-0.05, 0) is 40.1 Å². The zero-order chi connectivity index (χ0) is 18.7. The molecule has 8 heteroatoms. The smallest absolute Gasteiger partial charge is 0.344 e. The van der Waals surface area contributed by atoms with Gasteiger partial charge >= 0.3 is 5.97 Å². The van der Waals surface area contributed by atoms with Crippen molar-refractivity contribution < 1.29 is 13.9 Å². The second-order valence-electron chi connectivity index (χ2n) is 5.54. The minimum atomic E-state index is -0.681. The largest absolute Gasteiger partial charge is 0.462 e. The van der Waals surface area contributed by atoms with E-state index in [9.17, 15) is 14.0 Å². The van der Waals surface area contributed by atoms with Gasteiger partial charge in [0.2, 0.25) is 5.43 Å². The molecule has 1 aliphatic rings. The Kier molecular flexibility index (Phi) is 6.48. The van der Waals surface area contributed by atoms with Gasteiger partial charge in [0.1, 0.15) is 11.4 Å². The Morgan fingerprint density at radius 3 is 2.72 bits per heavy atom. The summed E-state index contributed by atoms with van der Waals surface area (Å²) in [6.07, 6.45) is 0. The number of thioether (sulfide) groups is 1. The zero-order valence-electron chi connectivity index (χ0n) is 14.5. The first kappa shape index (κ1) is 19.8. The Balaban J connectivity index is 0.000000701. The molecule has 1 aromatic carbocycles. The summed E-state index contributed by atoms with van der Waals surface area (Å²) in [5.74, 6) is -0.630. The van der Waals surface area contributed by atoms with Crippen molar-refractivity contribution in [1.29, 1.82) is 0 Å². The maximum atomic E-state index is 13.8. The van der Waals surface area contributed by atoms with E-state index in [0.717, 1.165) is 11.8 Å². The van der Waals surface area contributed by atoms with Gasteiger partial charge in [-0.1, -0.05) is 11.6 Å². The predicted molar refractivity (Wildman–Crippen MR) is 99.6 cm³/mol. The van der Waals surface area contributed by atoms with Gasteiger partial charge < -0.3 is 14.6 Å². The first-order chi connectivity index (χ1) is 11.9. The fourth-order valence-corrected chi connectivity index (χ4v) is 4.06. The molecule has 0 bridgehead atoms. The summed E-state index contributed by atoms with van der Waals surface area (Å²) < 4.78 is 20.6. The van der Waals surface area contributed by atoms with Crippen LogP contribution >= 0.6 is 23.4 Å². The molecule has 2 aromatic rings. The van der Waals surface area contributed by atoms with Gasteiger partial charge in [-0.15, -0.1) is 11.8 Å². The second-order valence-corrected chi connectivity index (χ2v) is 6.96. The highest BCUT2D eigenvalue weighted by molar-refractivity contribution is 7.99. The lowest BCUT2D eigenvalue weighted by Crippen LogP contribution is -2.23. The molecule has 0 amide bonds. The summed E-state index contributed by atoms with van der Waals surface area (Å²) >= 11 is 7.27. The Hall–Kier alpha value is -1.57. The fraction of sp³-hybridized carbons (Fsp3) is 0.412. The highest BCUT2D eigenvalue weighted by atomic mass is 35.5. The summed E-state index contributed by atoms with van der Waals surface area (Å²) in [7, 11) is 3.75. The molecule has 0 fully saturated rings. The van der Waals surface area contributed by atoms with E-state index in [2.05, 4.69) is 5.32 Å². The second kappa shape index (κ2) is 8.21. The van der Waals surface area contributed by atoms with Crippen molar-refractivity contribution in [2.24, 2.45) is 0 Å². The molecule has 0 saturated carbocycles. The van der Waals surface area contributed by atoms with E-state index < -0.39 is 17.2 Å². The number of fused-ring (bicyclic) bond motifs is 3. The van der Waals surface area contributed by atoms with Crippen LogP contribution in [0.15, 0.2) is 22.0 Å². The highest BCUT2D eigenvalue weighted by Crippen LogP contribution is 2.38. The third-order valence-electron chi connectivity index (χ3n) is 3.58. The van der Waals surface area contributed by atoms with Crippen LogP contribution < -0.4 is 10.7 Å². The Labute approximate surface area is 154 Å². The van der Waals surface area contributed by atoms with Crippen LogP contribution in [0.2, 0.25) is 5.02 Å². The van der Waals surface area contributed by atoms with Crippen LogP contribution in [0.1, 0.15) is 30.2 Å². The van der Waals surface area contributed by atoms with Crippen LogP contribution in [-0.2, 0) is 4.74 Å². The quantitative estimate of drug-likeness (QED) is 0.801. The number of carbonyl (C=O) groups excluding carboxylic acids is 1. The van der Waals surface area contributed by atoms with Crippen LogP contribution in [0.5, 0.6) is 0 Å². The number of aromatic nitrogens is 1. The number of pyridine rings is 1. The number of halogens is 2. The molecule has 1 atom stereocenters. The molecule has 1 aromatic heterocycles. The van der Waals surface area contributed by atoms with Crippen molar-refractivity contribution in [2.75, 3.05) is 26.5 Å². The van der Waals surface area contributed by atoms with E-state index in [-0.39, 0.29) is 28.6 Å². The summed E-state index contributed by atoms with van der Waals surface area (Å²) in [4.78, 5) is 24.8. The number of hydrogen-bond acceptors (Lipinski definition) is 5. The van der Waals surface area contributed by atoms with Gasteiger partial charge in [-0.3, -0.25) is 4.79 Å². The van der Waals surface area contributed by atoms with Crippen LogP contribution in [0.3, 0.4) is 0 Å². The Bertz CT molecular complexity index is 869. The maximum Gasteiger partial charge on any atom is 0.344 e. The summed E-state index contributed by atoms with van der Waals surface area (Å²) in [5.41, 5.74) is -0.000706. The molecule has 25 heavy (non-hydrogen) atoms. The van der Waals surface area contributed by atoms with Crippen LogP contribution in [-0.4, -0.2) is 37.0 Å². The van der Waals surface area contributed by atoms with E-state index in [0.29, 0.717) is 10.5 Å². The minimum absolute atomic E-state index is 0.0228. The number of nitrogens with zero attached hydrogens (tertiary/aromatic N) is 1. The van der Waals surface area contributed by atoms with E-state index >= 15 is 0 Å². The van der Waals surface area contributed by atoms with Crippen LogP contribution in [0, 0.1) is 5.82 Å². The first-order valence-corrected chi connectivity index (χ1v) is 9.19. The molecule has 0 saturated heterocycles. The van der Waals surface area contributed by atoms with E-state index in [1.165, 1.54) is 17.8 Å². The topological polar surface area (TPSA) is 60.3 Å². The number of hydrogen-bond donors (Lipinski definition) is 1. The van der Waals surface area contributed by atoms with Crippen molar-refractivity contribution in [3.8, 4) is 0 Å². The predicted octanol–water partition coefficient (Wildman–Crippen LogP) is 3.47. The molecule has 0 spiro atoms. The number of benzene rings is 1. The van der Waals surface area contributed by atoms with Gasteiger partial charge in [-0.2, -0.15) is 0 Å². The fourth-order valence-electron chi connectivity index (χ4n) is 2.62. The van der Waals surface area contributed by atoms with Crippen molar-refractivity contribution in [3.05, 3.63) is 38.8 Å². The van der Waals surface area contributed by atoms with Gasteiger partial charge in [0.15, 0.2) is 0 Å². The van der Waals surface area contributed by atoms with Crippen molar-refractivity contribution in [3.63, 3.8) is 0 Å². The minimum Gasteiger partial charge on any atom is -0.462 e. The van der Waals surface area contributed by atoms with E-state index in [4.69, 9.17) is 16.3 Å². The molecule has 136 valence electrons. The molecule has 1 N–H and O–H groups in total. The average molecular weight is 387 g/mol. The molecule has 0 radical (unpaired) electrons. The maximum absolute atomic E-state index is 13.8. The molecular weight excluding hydrogens is 367 g/mol. The summed E-state index contributed by atoms with van der Waals surface area (Å²) in [6.45, 7) is 3.82. The SMILES string of the molecule is CCOC(=O)c1c2n(c3cc(Cl)c(F)cc3c1=O)C(C)CS2.CNC. The molecular formula is C17H20ClFN2O3S. The third kappa shape index (κ3) is 3.68. The summed E-state index contributed by atoms with van der Waals surface area (Å²) in [6, 6.07) is 2.60. The lowest BCUT2D eigenvalue weighted by Gasteiger charge is -2.16. The lowest BCUT2D eigenvalue weighted by molar-refractivity contribution is 0.0519. The van der Waals surface area contributed by atoms with Crippen LogP contribution in [0.4, 0.5) is 4.39 Å². The molecule has 0 aliphatic carbocycles. The number of nitrogens with one attached hydrogen (secondary N) is 1. The number of rotatable bonds is 2. The van der Waals surface area contributed by atoms with Crippen LogP contribution in [0.25, 0.3) is 10.9 Å². The highest BCUT2D eigenvalue weighted by Gasteiger charge is 2.30. The first-order valence-electron chi connectivity index (χ1n) is 7.82. The van der Waals surface area contributed by atoms with E-state index in [1.54, 1.807) is 6.92 Å². The standard InChI is InChI=1S/C15H13ClFNO3S.C2H7N/c1-3-21-15(20)12-13(19)8-4-10(17)9(16)5-11(8)18-7(2)6-22-14(12)18;1-3-2/h4-5,7H,3,6H2,1-2H3;3H,1-2H3. The molecule has 2 heterocycles. The number of esters is 1. The normalized spacial score (nSPS) is 15.5. The molecule has 5 nitrogen and oxygen atoms in total. The van der Waals surface area contributed by atoms with Gasteiger partial charge in [0.05, 0.1) is 22.2 Å². The number of carbonyl (C=O) groups is 1. The monoisotopic (exact) mass is 386 g/mol. The van der Waals surface area contributed by atoms with Gasteiger partial charge in [-0.25, -0.2) is 9.18 Å². The van der Waals surface area contributed by atoms with Crippen molar-refractivity contribution in [1.82, 2.24) is 9.88 Å². The molecule has 1 unspecified atom stereocenters. The third-order valence-corrected chi connectivity index (χ3v) is 5.20. The molecule has 1 aliphatic heterocycles. The Morgan fingerprint density at radius 2 is 2.12 bits per heavy atom. The van der Waals surface area contributed by atoms with Crippen molar-refractivity contribution >= 4 is 40.2 Å². The average Bonchev–Trinajstić information content (AvgIpc) is 2.92. The van der Waals surface area contributed by atoms with Gasteiger partial charge in [0, 0.05) is 17.2 Å². The number of ether oxygens (including phenoxy) is 1. The lowest BCUT2D eigenvalue weighted by atomic mass is 10.1. The summed E-state index contributed by atoms with van der Waals surface area (Å²) in [5, 5.41) is 3.41. The van der Waals surface area contributed by atoms with Crippen molar-refractivity contribution in [2.45, 2.75) is 24.9 Å². The van der Waals surface area contributed by atoms with E-state index in [1.807, 2.05) is 25.6 Å². The van der Waals surface area contributed by atoms with Gasteiger partial charge in [0.25, 0.3) is 0 Å². The zero-order valence-corrected chi connectivity index (χ0v) is 16.1. The molecule has 3 rings (SSSR count). The Morgan fingerprint density at radius 1 is 1.48 bits per heavy atom.